The number of hydrogen-bond acceptors (Lipinski definition) is 0. The van der Waals surface area contributed by atoms with Gasteiger partial charge in [0, 0.05) is 0 Å². The van der Waals surface area contributed by atoms with E-state index in [1.165, 1.54) is 5.57 Å². The van der Waals surface area contributed by atoms with Crippen molar-refractivity contribution in [1.82, 2.24) is 0 Å². The van der Waals surface area contributed by atoms with Crippen LogP contribution in [0.3, 0.4) is 0 Å². The highest BCUT2D eigenvalue weighted by Gasteiger charge is 1.79. The molecule has 0 bridgehead atoms. The summed E-state index contributed by atoms with van der Waals surface area (Å²) in [5.74, 6) is 0. The molecule has 0 fully saturated rings. The van der Waals surface area contributed by atoms with E-state index in [0.29, 0.717) is 0 Å². The van der Waals surface area contributed by atoms with E-state index in [1.54, 1.807) is 6.08 Å². The van der Waals surface area contributed by atoms with Crippen LogP contribution in [-0.2, 0) is 0 Å². The van der Waals surface area contributed by atoms with Gasteiger partial charge in [0.15, 0.2) is 0 Å². The van der Waals surface area contributed by atoms with Crippen LogP contribution in [0, 0.1) is 0 Å². The van der Waals surface area contributed by atoms with Crippen LogP contribution in [0.1, 0.15) is 20.3 Å². The third kappa shape index (κ3) is 5.41. The van der Waals surface area contributed by atoms with E-state index in [0.717, 1.165) is 6.42 Å². The highest BCUT2D eigenvalue weighted by Crippen LogP contribution is 2.00. The molecule has 0 radical (unpaired) electrons. The predicted octanol–water partition coefficient (Wildman–Crippen LogP) is 3.64. The smallest absolute Gasteiger partial charge is 0.0263 e. The zero-order valence-corrected chi connectivity index (χ0v) is 7.38. The Bertz CT molecular complexity index is 180. The molecule has 0 spiro atoms. The van der Waals surface area contributed by atoms with Crippen molar-refractivity contribution in [2.75, 3.05) is 0 Å². The Kier molecular flexibility index (Phi) is 6.40. The largest absolute Gasteiger partial charge is 0.0990 e. The van der Waals surface area contributed by atoms with E-state index >= 15 is 0 Å². The molecule has 0 saturated carbocycles. The van der Waals surface area contributed by atoms with E-state index in [2.05, 4.69) is 31.7 Å². The van der Waals surface area contributed by atoms with Gasteiger partial charge in [-0.25, -0.2) is 0 Å². The molecule has 0 atom stereocenters. The second-order valence-electron chi connectivity index (χ2n) is 2.21. The van der Waals surface area contributed by atoms with E-state index in [9.17, 15) is 0 Å². The highest BCUT2D eigenvalue weighted by atomic mass is 13.9. The molecule has 11 heavy (non-hydrogen) atoms. The molecule has 0 rings (SSSR count). The quantitative estimate of drug-likeness (QED) is 0.534. The van der Waals surface area contributed by atoms with Crippen molar-refractivity contribution < 1.29 is 0 Å². The molecule has 0 aliphatic rings. The van der Waals surface area contributed by atoms with Gasteiger partial charge < -0.3 is 0 Å². The second-order valence-corrected chi connectivity index (χ2v) is 2.21. The predicted molar refractivity (Wildman–Crippen MR) is 52.5 cm³/mol. The van der Waals surface area contributed by atoms with Gasteiger partial charge in [-0.1, -0.05) is 50.0 Å². The molecule has 0 saturated heterocycles. The van der Waals surface area contributed by atoms with Gasteiger partial charge in [-0.2, -0.15) is 0 Å². The second kappa shape index (κ2) is 7.07. The molecule has 0 N–H and O–H groups in total. The fraction of sp³-hybridized carbons (Fsp3) is 0.273. The summed E-state index contributed by atoms with van der Waals surface area (Å²) in [6.45, 7) is 7.78. The third-order valence-corrected chi connectivity index (χ3v) is 1.22. The molecule has 60 valence electrons. The maximum atomic E-state index is 3.65. The Balaban J connectivity index is 4.22. The Morgan fingerprint density at radius 1 is 1.36 bits per heavy atom. The molecule has 0 heterocycles. The summed E-state index contributed by atoms with van der Waals surface area (Å²) in [7, 11) is 0. The van der Waals surface area contributed by atoms with Crippen molar-refractivity contribution in [1.29, 1.82) is 0 Å². The molecule has 0 unspecified atom stereocenters. The minimum atomic E-state index is 1.08. The molecule has 0 heteroatoms. The monoisotopic (exact) mass is 148 g/mol. The molecule has 0 aromatic heterocycles. The number of hydrogen-bond donors (Lipinski definition) is 0. The summed E-state index contributed by atoms with van der Waals surface area (Å²) in [6.07, 6.45) is 13.2. The zero-order valence-electron chi connectivity index (χ0n) is 7.38. The van der Waals surface area contributed by atoms with E-state index in [-0.39, 0.29) is 0 Å². The summed E-state index contributed by atoms with van der Waals surface area (Å²) in [4.78, 5) is 0. The summed E-state index contributed by atoms with van der Waals surface area (Å²) in [6, 6.07) is 0. The van der Waals surface area contributed by atoms with Crippen LogP contribution < -0.4 is 0 Å². The first kappa shape index (κ1) is 9.96. The van der Waals surface area contributed by atoms with Gasteiger partial charge in [-0.15, -0.1) is 0 Å². The lowest BCUT2D eigenvalue weighted by Crippen LogP contribution is -1.68. The van der Waals surface area contributed by atoms with Crippen molar-refractivity contribution in [3.63, 3.8) is 0 Å². The highest BCUT2D eigenvalue weighted by molar-refractivity contribution is 5.32. The summed E-state index contributed by atoms with van der Waals surface area (Å²) < 4.78 is 0. The van der Waals surface area contributed by atoms with Crippen LogP contribution in [0.15, 0.2) is 48.6 Å². The zero-order chi connectivity index (χ0) is 8.53. The van der Waals surface area contributed by atoms with Crippen LogP contribution in [0.5, 0.6) is 0 Å². The molecule has 0 aromatic rings. The van der Waals surface area contributed by atoms with Crippen LogP contribution in [0.25, 0.3) is 0 Å². The third-order valence-electron chi connectivity index (χ3n) is 1.22. The topological polar surface area (TPSA) is 0 Å². The molecular formula is C11H16. The van der Waals surface area contributed by atoms with Gasteiger partial charge in [-0.05, 0) is 18.9 Å². The molecule has 0 nitrogen and oxygen atoms in total. The SMILES string of the molecule is C=C/C=C(C=CC)/C=C\CC. The standard InChI is InChI=1S/C11H16/c1-4-7-10-11(8-5-2)9-6-3/h5-10H,2,4H2,1,3H3/b9-6?,10-7-,11-8+. The van der Waals surface area contributed by atoms with Gasteiger partial charge in [-0.3, -0.25) is 0 Å². The van der Waals surface area contributed by atoms with Gasteiger partial charge in [0.2, 0.25) is 0 Å². The van der Waals surface area contributed by atoms with Crippen molar-refractivity contribution in [2.45, 2.75) is 20.3 Å². The Hall–Kier alpha value is -1.04. The fourth-order valence-electron chi connectivity index (χ4n) is 0.749. The summed E-state index contributed by atoms with van der Waals surface area (Å²) in [5.41, 5.74) is 1.20. The normalized spacial score (nSPS) is 13.1. The van der Waals surface area contributed by atoms with E-state index < -0.39 is 0 Å². The molecule has 0 aliphatic carbocycles. The average molecular weight is 148 g/mol. The lowest BCUT2D eigenvalue weighted by molar-refractivity contribution is 1.22. The minimum absolute atomic E-state index is 1.08. The molecule has 0 aromatic carbocycles. The van der Waals surface area contributed by atoms with Crippen molar-refractivity contribution in [2.24, 2.45) is 0 Å². The molecule has 0 aliphatic heterocycles. The van der Waals surface area contributed by atoms with Crippen LogP contribution in [-0.4, -0.2) is 0 Å². The number of rotatable bonds is 4. The van der Waals surface area contributed by atoms with Gasteiger partial charge in [0.25, 0.3) is 0 Å². The van der Waals surface area contributed by atoms with Gasteiger partial charge in [0.1, 0.15) is 0 Å². The Labute approximate surface area is 69.6 Å². The van der Waals surface area contributed by atoms with Crippen molar-refractivity contribution in [3.8, 4) is 0 Å². The average Bonchev–Trinajstić information content (AvgIpc) is 2.01. The maximum Gasteiger partial charge on any atom is -0.0263 e. The fourth-order valence-corrected chi connectivity index (χ4v) is 0.749. The molecule has 0 amide bonds. The summed E-state index contributed by atoms with van der Waals surface area (Å²) >= 11 is 0. The lowest BCUT2D eigenvalue weighted by Gasteiger charge is -1.89. The van der Waals surface area contributed by atoms with Crippen LogP contribution in [0.4, 0.5) is 0 Å². The Morgan fingerprint density at radius 3 is 2.55 bits per heavy atom. The first-order valence-electron chi connectivity index (χ1n) is 3.97. The first-order chi connectivity index (χ1) is 5.35. The van der Waals surface area contributed by atoms with Gasteiger partial charge >= 0.3 is 0 Å². The van der Waals surface area contributed by atoms with E-state index in [4.69, 9.17) is 0 Å². The van der Waals surface area contributed by atoms with Crippen molar-refractivity contribution >= 4 is 0 Å². The van der Waals surface area contributed by atoms with Crippen LogP contribution >= 0.6 is 0 Å². The lowest BCUT2D eigenvalue weighted by atomic mass is 10.2. The number of allylic oxidation sites excluding steroid dienone is 7. The van der Waals surface area contributed by atoms with E-state index in [1.807, 2.05) is 19.1 Å². The van der Waals surface area contributed by atoms with Crippen LogP contribution in [0.2, 0.25) is 0 Å². The molecular weight excluding hydrogens is 132 g/mol. The minimum Gasteiger partial charge on any atom is -0.0990 e. The summed E-state index contributed by atoms with van der Waals surface area (Å²) in [5, 5.41) is 0. The Morgan fingerprint density at radius 2 is 2.09 bits per heavy atom. The first-order valence-corrected chi connectivity index (χ1v) is 3.97. The maximum absolute atomic E-state index is 3.65. The van der Waals surface area contributed by atoms with Crippen molar-refractivity contribution in [3.05, 3.63) is 48.6 Å². The van der Waals surface area contributed by atoms with Gasteiger partial charge in [0.05, 0.1) is 0 Å².